The standard InChI is InChI=1S/C15H14BrNO5/c1-21-13-7-11(12(17(19)20)8-14(13)22-2)15(18)9-4-3-5-10(16)6-9/h3-8,15,18H,1-2H3/t15-/m0/s1. The Hall–Kier alpha value is -2.12. The normalized spacial score (nSPS) is 11.8. The third-order valence-corrected chi connectivity index (χ3v) is 3.68. The molecule has 0 heterocycles. The van der Waals surface area contributed by atoms with Gasteiger partial charge in [0.25, 0.3) is 5.69 Å². The number of halogens is 1. The summed E-state index contributed by atoms with van der Waals surface area (Å²) in [5.74, 6) is 0.552. The van der Waals surface area contributed by atoms with Gasteiger partial charge in [0.15, 0.2) is 11.5 Å². The number of ether oxygens (including phenoxy) is 2. The Kier molecular flexibility index (Phi) is 4.99. The first-order chi connectivity index (χ1) is 10.5. The molecule has 0 aliphatic rings. The SMILES string of the molecule is COc1cc([C@@H](O)c2cccc(Br)c2)c([N+](=O)[O-])cc1OC. The molecule has 0 unspecified atom stereocenters. The van der Waals surface area contributed by atoms with Crippen LogP contribution in [0, 0.1) is 10.1 Å². The summed E-state index contributed by atoms with van der Waals surface area (Å²) in [7, 11) is 2.82. The highest BCUT2D eigenvalue weighted by Gasteiger charge is 2.25. The van der Waals surface area contributed by atoms with Gasteiger partial charge in [0.05, 0.1) is 30.8 Å². The maximum absolute atomic E-state index is 11.3. The second kappa shape index (κ2) is 6.76. The molecule has 0 amide bonds. The molecular weight excluding hydrogens is 354 g/mol. The average Bonchev–Trinajstić information content (AvgIpc) is 2.52. The molecule has 1 atom stereocenters. The highest BCUT2D eigenvalue weighted by molar-refractivity contribution is 9.10. The third kappa shape index (κ3) is 3.20. The molecule has 0 aromatic heterocycles. The summed E-state index contributed by atoms with van der Waals surface area (Å²) in [5, 5.41) is 21.8. The van der Waals surface area contributed by atoms with E-state index >= 15 is 0 Å². The molecule has 0 fully saturated rings. The molecule has 1 N–H and O–H groups in total. The van der Waals surface area contributed by atoms with E-state index in [4.69, 9.17) is 9.47 Å². The molecule has 116 valence electrons. The van der Waals surface area contributed by atoms with Gasteiger partial charge in [-0.05, 0) is 23.8 Å². The Balaban J connectivity index is 2.59. The molecule has 0 saturated heterocycles. The van der Waals surface area contributed by atoms with Crippen molar-refractivity contribution in [3.8, 4) is 11.5 Å². The highest BCUT2D eigenvalue weighted by atomic mass is 79.9. The maximum atomic E-state index is 11.3. The van der Waals surface area contributed by atoms with Crippen LogP contribution >= 0.6 is 15.9 Å². The first-order valence-corrected chi connectivity index (χ1v) is 7.11. The maximum Gasteiger partial charge on any atom is 0.279 e. The Morgan fingerprint density at radius 2 is 1.82 bits per heavy atom. The number of aliphatic hydroxyl groups excluding tert-OH is 1. The summed E-state index contributed by atoms with van der Waals surface area (Å²) in [4.78, 5) is 10.7. The number of rotatable bonds is 5. The third-order valence-electron chi connectivity index (χ3n) is 3.19. The van der Waals surface area contributed by atoms with E-state index in [1.165, 1.54) is 26.4 Å². The second-order valence-corrected chi connectivity index (χ2v) is 5.40. The number of nitro groups is 1. The van der Waals surface area contributed by atoms with E-state index in [1.54, 1.807) is 24.3 Å². The summed E-state index contributed by atoms with van der Waals surface area (Å²) in [6.07, 6.45) is -1.15. The first-order valence-electron chi connectivity index (χ1n) is 6.31. The molecule has 22 heavy (non-hydrogen) atoms. The number of hydrogen-bond donors (Lipinski definition) is 1. The van der Waals surface area contributed by atoms with Gasteiger partial charge < -0.3 is 14.6 Å². The van der Waals surface area contributed by atoms with E-state index in [0.717, 1.165) is 4.47 Å². The van der Waals surface area contributed by atoms with E-state index in [9.17, 15) is 15.2 Å². The van der Waals surface area contributed by atoms with Gasteiger partial charge in [-0.3, -0.25) is 10.1 Å². The zero-order valence-electron chi connectivity index (χ0n) is 11.9. The van der Waals surface area contributed by atoms with Crippen molar-refractivity contribution in [1.82, 2.24) is 0 Å². The van der Waals surface area contributed by atoms with Crippen LogP contribution in [-0.4, -0.2) is 24.2 Å². The van der Waals surface area contributed by atoms with E-state index in [2.05, 4.69) is 15.9 Å². The van der Waals surface area contributed by atoms with Crippen molar-refractivity contribution in [2.75, 3.05) is 14.2 Å². The van der Waals surface area contributed by atoms with Crippen LogP contribution in [0.25, 0.3) is 0 Å². The van der Waals surface area contributed by atoms with Crippen LogP contribution in [0.4, 0.5) is 5.69 Å². The van der Waals surface area contributed by atoms with Gasteiger partial charge in [-0.2, -0.15) is 0 Å². The quantitative estimate of drug-likeness (QED) is 0.646. The zero-order chi connectivity index (χ0) is 16.3. The van der Waals surface area contributed by atoms with Crippen molar-refractivity contribution in [3.63, 3.8) is 0 Å². The number of hydrogen-bond acceptors (Lipinski definition) is 5. The number of nitrogens with zero attached hydrogens (tertiary/aromatic N) is 1. The molecule has 2 aromatic rings. The van der Waals surface area contributed by atoms with Crippen molar-refractivity contribution in [2.24, 2.45) is 0 Å². The largest absolute Gasteiger partial charge is 0.493 e. The first kappa shape index (κ1) is 16.3. The summed E-state index contributed by atoms with van der Waals surface area (Å²) >= 11 is 3.31. The lowest BCUT2D eigenvalue weighted by atomic mass is 9.99. The van der Waals surface area contributed by atoms with Crippen LogP contribution in [0.15, 0.2) is 40.9 Å². The minimum absolute atomic E-state index is 0.140. The molecule has 6 nitrogen and oxygen atoms in total. The number of benzene rings is 2. The van der Waals surface area contributed by atoms with Crippen molar-refractivity contribution < 1.29 is 19.5 Å². The summed E-state index contributed by atoms with van der Waals surface area (Å²) < 4.78 is 11.0. The van der Waals surface area contributed by atoms with Gasteiger partial charge in [-0.1, -0.05) is 28.1 Å². The van der Waals surface area contributed by atoms with Crippen LogP contribution < -0.4 is 9.47 Å². The van der Waals surface area contributed by atoms with Crippen LogP contribution in [-0.2, 0) is 0 Å². The smallest absolute Gasteiger partial charge is 0.279 e. The van der Waals surface area contributed by atoms with Gasteiger partial charge in [0, 0.05) is 4.47 Å². The molecule has 2 aromatic carbocycles. The number of methoxy groups -OCH3 is 2. The highest BCUT2D eigenvalue weighted by Crippen LogP contribution is 2.39. The molecule has 0 bridgehead atoms. The number of nitro benzene ring substituents is 1. The molecular formula is C15H14BrNO5. The predicted octanol–water partition coefficient (Wildman–Crippen LogP) is 3.46. The predicted molar refractivity (Wildman–Crippen MR) is 84.4 cm³/mol. The molecule has 0 aliphatic heterocycles. The van der Waals surface area contributed by atoms with Gasteiger partial charge in [-0.25, -0.2) is 0 Å². The lowest BCUT2D eigenvalue weighted by molar-refractivity contribution is -0.386. The van der Waals surface area contributed by atoms with Gasteiger partial charge in [-0.15, -0.1) is 0 Å². The topological polar surface area (TPSA) is 81.8 Å². The van der Waals surface area contributed by atoms with Gasteiger partial charge >= 0.3 is 0 Å². The van der Waals surface area contributed by atoms with Crippen molar-refractivity contribution in [1.29, 1.82) is 0 Å². The zero-order valence-corrected chi connectivity index (χ0v) is 13.5. The minimum Gasteiger partial charge on any atom is -0.493 e. The van der Waals surface area contributed by atoms with Crippen molar-refractivity contribution in [3.05, 3.63) is 62.1 Å². The van der Waals surface area contributed by atoms with Crippen LogP contribution in [0.3, 0.4) is 0 Å². The van der Waals surface area contributed by atoms with Crippen LogP contribution in [0.1, 0.15) is 17.2 Å². The fraction of sp³-hybridized carbons (Fsp3) is 0.200. The monoisotopic (exact) mass is 367 g/mol. The molecule has 0 aliphatic carbocycles. The molecule has 0 radical (unpaired) electrons. The molecule has 0 spiro atoms. The fourth-order valence-electron chi connectivity index (χ4n) is 2.12. The van der Waals surface area contributed by atoms with E-state index in [0.29, 0.717) is 11.3 Å². The number of aliphatic hydroxyl groups is 1. The van der Waals surface area contributed by atoms with Crippen LogP contribution in [0.2, 0.25) is 0 Å². The summed E-state index contributed by atoms with van der Waals surface area (Å²) in [5.41, 5.74) is 0.440. The average molecular weight is 368 g/mol. The second-order valence-electron chi connectivity index (χ2n) is 4.48. The Morgan fingerprint density at radius 1 is 1.18 bits per heavy atom. The van der Waals surface area contributed by atoms with Crippen molar-refractivity contribution >= 4 is 21.6 Å². The Bertz CT molecular complexity index is 704. The van der Waals surface area contributed by atoms with Gasteiger partial charge in [0.2, 0.25) is 0 Å². The molecule has 7 heteroatoms. The minimum atomic E-state index is -1.15. The lowest BCUT2D eigenvalue weighted by Crippen LogP contribution is -2.05. The van der Waals surface area contributed by atoms with E-state index in [-0.39, 0.29) is 17.0 Å². The Labute approximate surface area is 135 Å². The van der Waals surface area contributed by atoms with Gasteiger partial charge in [0.1, 0.15) is 6.10 Å². The van der Waals surface area contributed by atoms with Crippen LogP contribution in [0.5, 0.6) is 11.5 Å². The lowest BCUT2D eigenvalue weighted by Gasteiger charge is -2.15. The Morgan fingerprint density at radius 3 is 2.36 bits per heavy atom. The van der Waals surface area contributed by atoms with E-state index < -0.39 is 11.0 Å². The summed E-state index contributed by atoms with van der Waals surface area (Å²) in [6.45, 7) is 0. The van der Waals surface area contributed by atoms with E-state index in [1.807, 2.05) is 0 Å². The fourth-order valence-corrected chi connectivity index (χ4v) is 2.53. The van der Waals surface area contributed by atoms with Crippen molar-refractivity contribution in [2.45, 2.75) is 6.10 Å². The molecule has 0 saturated carbocycles. The molecule has 2 rings (SSSR count). The summed E-state index contributed by atoms with van der Waals surface area (Å²) in [6, 6.07) is 9.60.